The van der Waals surface area contributed by atoms with E-state index in [1.54, 1.807) is 6.92 Å². The number of ether oxygens (including phenoxy) is 2. The zero-order valence-corrected chi connectivity index (χ0v) is 14.0. The van der Waals surface area contributed by atoms with E-state index in [4.69, 9.17) is 4.74 Å². The molecule has 0 aliphatic heterocycles. The fraction of sp³-hybridized carbons (Fsp3) is 0.167. The van der Waals surface area contributed by atoms with Crippen LogP contribution >= 0.6 is 0 Å². The number of hydrazone groups is 1. The van der Waals surface area contributed by atoms with Gasteiger partial charge in [0.25, 0.3) is 0 Å². The number of methoxy groups -OCH3 is 1. The first-order valence-electron chi connectivity index (χ1n) is 7.70. The maximum absolute atomic E-state index is 11.1. The van der Waals surface area contributed by atoms with Gasteiger partial charge in [-0.15, -0.1) is 0 Å². The van der Waals surface area contributed by atoms with Crippen molar-refractivity contribution in [1.29, 1.82) is 0 Å². The molecular weight excluding hydrogens is 320 g/mol. The smallest absolute Gasteiger partial charge is 0.427 e. The van der Waals surface area contributed by atoms with E-state index < -0.39 is 6.09 Å². The molecule has 0 fully saturated rings. The van der Waals surface area contributed by atoms with E-state index >= 15 is 0 Å². The number of nitrogens with zero attached hydrogens (tertiary/aromatic N) is 3. The molecule has 1 N–H and O–H groups in total. The predicted molar refractivity (Wildman–Crippen MR) is 93.7 cm³/mol. The number of pyridine rings is 1. The van der Waals surface area contributed by atoms with Gasteiger partial charge < -0.3 is 13.9 Å². The van der Waals surface area contributed by atoms with Crippen LogP contribution in [-0.2, 0) is 11.3 Å². The van der Waals surface area contributed by atoms with Crippen LogP contribution in [0.3, 0.4) is 0 Å². The molecule has 25 heavy (non-hydrogen) atoms. The van der Waals surface area contributed by atoms with Crippen molar-refractivity contribution in [3.05, 3.63) is 66.1 Å². The first-order chi connectivity index (χ1) is 12.2. The molecule has 0 saturated heterocycles. The van der Waals surface area contributed by atoms with Gasteiger partial charge in [-0.05, 0) is 31.2 Å². The monoisotopic (exact) mass is 338 g/mol. The Balaban J connectivity index is 1.68. The molecule has 7 heteroatoms. The van der Waals surface area contributed by atoms with Crippen molar-refractivity contribution >= 4 is 17.5 Å². The number of carbonyl (C=O) groups excluding carboxylic acids is 1. The molecule has 0 spiro atoms. The summed E-state index contributed by atoms with van der Waals surface area (Å²) in [5, 5.41) is 3.97. The number of nitrogens with one attached hydrogen (secondary N) is 1. The van der Waals surface area contributed by atoms with E-state index in [9.17, 15) is 4.79 Å². The lowest BCUT2D eigenvalue weighted by Gasteiger charge is -2.07. The van der Waals surface area contributed by atoms with Gasteiger partial charge in [0.15, 0.2) is 0 Å². The summed E-state index contributed by atoms with van der Waals surface area (Å²) in [5.74, 6) is 0.696. The minimum atomic E-state index is -0.612. The maximum Gasteiger partial charge on any atom is 0.427 e. The lowest BCUT2D eigenvalue weighted by Crippen LogP contribution is -2.18. The van der Waals surface area contributed by atoms with Crippen molar-refractivity contribution in [2.75, 3.05) is 7.11 Å². The molecule has 0 atom stereocenters. The fourth-order valence-electron chi connectivity index (χ4n) is 2.26. The highest BCUT2D eigenvalue weighted by molar-refractivity contribution is 5.99. The van der Waals surface area contributed by atoms with E-state index in [-0.39, 0.29) is 0 Å². The van der Waals surface area contributed by atoms with Gasteiger partial charge in [0.1, 0.15) is 18.0 Å². The molecule has 128 valence electrons. The van der Waals surface area contributed by atoms with Gasteiger partial charge in [-0.25, -0.2) is 15.2 Å². The highest BCUT2D eigenvalue weighted by Gasteiger charge is 2.05. The van der Waals surface area contributed by atoms with Gasteiger partial charge in [-0.3, -0.25) is 0 Å². The highest BCUT2D eigenvalue weighted by atomic mass is 16.5. The normalized spacial score (nSPS) is 11.4. The zero-order chi connectivity index (χ0) is 17.6. The van der Waals surface area contributed by atoms with Crippen molar-refractivity contribution in [1.82, 2.24) is 14.8 Å². The fourth-order valence-corrected chi connectivity index (χ4v) is 2.26. The minimum Gasteiger partial charge on any atom is -0.487 e. The van der Waals surface area contributed by atoms with Gasteiger partial charge in [-0.2, -0.15) is 5.10 Å². The van der Waals surface area contributed by atoms with Crippen molar-refractivity contribution in [3.63, 3.8) is 0 Å². The standard InChI is InChI=1S/C18H18N4O3/c1-13(20-21-18(23)24-2)14-6-5-7-16(10-14)25-12-15-11-22-9-4-3-8-17(22)19-15/h3-11H,12H2,1-2H3,(H,21,23). The first-order valence-corrected chi connectivity index (χ1v) is 7.70. The van der Waals surface area contributed by atoms with Gasteiger partial charge in [0, 0.05) is 18.0 Å². The van der Waals surface area contributed by atoms with E-state index in [0.29, 0.717) is 18.1 Å². The minimum absolute atomic E-state index is 0.363. The number of rotatable bonds is 5. The molecule has 0 unspecified atom stereocenters. The van der Waals surface area contributed by atoms with E-state index in [0.717, 1.165) is 16.9 Å². The Morgan fingerprint density at radius 2 is 2.16 bits per heavy atom. The Morgan fingerprint density at radius 1 is 1.28 bits per heavy atom. The predicted octanol–water partition coefficient (Wildman–Crippen LogP) is 2.99. The quantitative estimate of drug-likeness (QED) is 0.573. The first kappa shape index (κ1) is 16.5. The number of benzene rings is 1. The summed E-state index contributed by atoms with van der Waals surface area (Å²) in [5.41, 5.74) is 5.50. The number of imidazole rings is 1. The van der Waals surface area contributed by atoms with Gasteiger partial charge in [0.05, 0.1) is 18.5 Å². The Morgan fingerprint density at radius 3 is 2.96 bits per heavy atom. The second-order valence-corrected chi connectivity index (χ2v) is 5.32. The third-order valence-electron chi connectivity index (χ3n) is 3.55. The van der Waals surface area contributed by atoms with Gasteiger partial charge >= 0.3 is 6.09 Å². The largest absolute Gasteiger partial charge is 0.487 e. The second kappa shape index (κ2) is 7.48. The third kappa shape index (κ3) is 4.14. The summed E-state index contributed by atoms with van der Waals surface area (Å²) >= 11 is 0. The second-order valence-electron chi connectivity index (χ2n) is 5.32. The molecule has 3 rings (SSSR count). The van der Waals surface area contributed by atoms with Crippen LogP contribution in [0, 0.1) is 0 Å². The number of fused-ring (bicyclic) bond motifs is 1. The van der Waals surface area contributed by atoms with Gasteiger partial charge in [0.2, 0.25) is 0 Å². The molecular formula is C18H18N4O3. The van der Waals surface area contributed by atoms with E-state index in [1.807, 2.05) is 59.3 Å². The molecule has 0 radical (unpaired) electrons. The molecule has 0 saturated carbocycles. The van der Waals surface area contributed by atoms with Crippen molar-refractivity contribution < 1.29 is 14.3 Å². The topological polar surface area (TPSA) is 77.2 Å². The van der Waals surface area contributed by atoms with E-state index in [2.05, 4.69) is 20.2 Å². The Bertz CT molecular complexity index is 884. The van der Waals surface area contributed by atoms with E-state index in [1.165, 1.54) is 7.11 Å². The van der Waals surface area contributed by atoms with Gasteiger partial charge in [-0.1, -0.05) is 18.2 Å². The highest BCUT2D eigenvalue weighted by Crippen LogP contribution is 2.16. The van der Waals surface area contributed by atoms with Crippen molar-refractivity contribution in [3.8, 4) is 5.75 Å². The van der Waals surface area contributed by atoms with Crippen LogP contribution in [0.2, 0.25) is 0 Å². The van der Waals surface area contributed by atoms with Crippen LogP contribution in [0.5, 0.6) is 5.75 Å². The SMILES string of the molecule is COC(=O)NN=C(C)c1cccc(OCc2cn3ccccc3n2)c1. The molecule has 0 bridgehead atoms. The number of aromatic nitrogens is 2. The number of hydrogen-bond acceptors (Lipinski definition) is 5. The number of hydrogen-bond donors (Lipinski definition) is 1. The molecule has 1 amide bonds. The van der Waals surface area contributed by atoms with Crippen LogP contribution in [-0.4, -0.2) is 28.3 Å². The maximum atomic E-state index is 11.1. The molecule has 0 aliphatic carbocycles. The average Bonchev–Trinajstić information content (AvgIpc) is 3.07. The lowest BCUT2D eigenvalue weighted by atomic mass is 10.1. The Kier molecular flexibility index (Phi) is 4.94. The molecule has 2 aromatic heterocycles. The number of carbonyl (C=O) groups is 1. The summed E-state index contributed by atoms with van der Waals surface area (Å²) in [6.07, 6.45) is 3.27. The van der Waals surface area contributed by atoms with Crippen LogP contribution < -0.4 is 10.2 Å². The third-order valence-corrected chi connectivity index (χ3v) is 3.55. The summed E-state index contributed by atoms with van der Waals surface area (Å²) in [6.45, 7) is 2.15. The summed E-state index contributed by atoms with van der Waals surface area (Å²) in [4.78, 5) is 15.6. The summed E-state index contributed by atoms with van der Waals surface area (Å²) in [7, 11) is 1.29. The number of amides is 1. The summed E-state index contributed by atoms with van der Waals surface area (Å²) in [6, 6.07) is 13.3. The van der Waals surface area contributed by atoms with Crippen LogP contribution in [0.15, 0.2) is 60.0 Å². The van der Waals surface area contributed by atoms with Crippen molar-refractivity contribution in [2.24, 2.45) is 5.10 Å². The summed E-state index contributed by atoms with van der Waals surface area (Å²) < 4.78 is 12.2. The molecule has 2 heterocycles. The van der Waals surface area contributed by atoms with Crippen LogP contribution in [0.25, 0.3) is 5.65 Å². The molecule has 7 nitrogen and oxygen atoms in total. The van der Waals surface area contributed by atoms with Crippen LogP contribution in [0.4, 0.5) is 4.79 Å². The molecule has 3 aromatic rings. The zero-order valence-electron chi connectivity index (χ0n) is 14.0. The van der Waals surface area contributed by atoms with Crippen molar-refractivity contribution in [2.45, 2.75) is 13.5 Å². The van der Waals surface area contributed by atoms with Crippen LogP contribution in [0.1, 0.15) is 18.2 Å². The molecule has 1 aromatic carbocycles. The Hall–Kier alpha value is -3.35. The molecule has 0 aliphatic rings. The Labute approximate surface area is 144 Å². The average molecular weight is 338 g/mol. The lowest BCUT2D eigenvalue weighted by molar-refractivity contribution is 0.171.